The number of hydrogen-bond donors (Lipinski definition) is 1. The minimum absolute atomic E-state index is 0.0270. The number of carboxylic acid groups (broad SMARTS) is 1. The molecule has 0 spiro atoms. The van der Waals surface area contributed by atoms with E-state index in [2.05, 4.69) is 4.98 Å². The van der Waals surface area contributed by atoms with Crippen LogP contribution in [-0.4, -0.2) is 32.9 Å². The van der Waals surface area contributed by atoms with Gasteiger partial charge in [0.25, 0.3) is 0 Å². The van der Waals surface area contributed by atoms with Gasteiger partial charge < -0.3 is 10.0 Å². The molecule has 0 bridgehead atoms. The smallest absolute Gasteiger partial charge is 0.307 e. The zero-order chi connectivity index (χ0) is 14.8. The van der Waals surface area contributed by atoms with Crippen molar-refractivity contribution in [2.45, 2.75) is 44.7 Å². The molecule has 0 saturated heterocycles. The van der Waals surface area contributed by atoms with Crippen LogP contribution in [0.2, 0.25) is 0 Å². The Bertz CT molecular complexity index is 528. The van der Waals surface area contributed by atoms with Gasteiger partial charge in [-0.15, -0.1) is 0 Å². The molecule has 5 heteroatoms. The van der Waals surface area contributed by atoms with Gasteiger partial charge in [0.05, 0.1) is 11.8 Å². The fraction of sp³-hybridized carbons (Fsp3) is 0.562. The van der Waals surface area contributed by atoms with E-state index in [1.807, 2.05) is 17.0 Å². The maximum absolute atomic E-state index is 12.8. The molecule has 1 aromatic heterocycles. The van der Waals surface area contributed by atoms with E-state index < -0.39 is 11.9 Å². The van der Waals surface area contributed by atoms with Crippen molar-refractivity contribution in [3.05, 3.63) is 30.1 Å². The second-order valence-electron chi connectivity index (χ2n) is 6.03. The Balaban J connectivity index is 1.74. The number of carbonyl (C=O) groups is 2. The number of carbonyl (C=O) groups excluding carboxylic acids is 1. The molecule has 0 radical (unpaired) electrons. The third-order valence-electron chi connectivity index (χ3n) is 4.52. The number of nitrogens with zero attached hydrogens (tertiary/aromatic N) is 2. The highest BCUT2D eigenvalue weighted by Crippen LogP contribution is 2.37. The van der Waals surface area contributed by atoms with Crippen molar-refractivity contribution in [3.8, 4) is 0 Å². The minimum Gasteiger partial charge on any atom is -0.481 e. The first-order chi connectivity index (χ1) is 10.2. The predicted molar refractivity (Wildman–Crippen MR) is 76.3 cm³/mol. The highest BCUT2D eigenvalue weighted by atomic mass is 16.4. The zero-order valence-electron chi connectivity index (χ0n) is 11.9. The molecule has 2 saturated carbocycles. The monoisotopic (exact) mass is 288 g/mol. The van der Waals surface area contributed by atoms with Crippen molar-refractivity contribution < 1.29 is 14.7 Å². The third kappa shape index (κ3) is 3.06. The molecule has 2 atom stereocenters. The Morgan fingerprint density at radius 1 is 1.14 bits per heavy atom. The van der Waals surface area contributed by atoms with Gasteiger partial charge >= 0.3 is 5.97 Å². The summed E-state index contributed by atoms with van der Waals surface area (Å²) in [5.74, 6) is -1.65. The van der Waals surface area contributed by atoms with Gasteiger partial charge in [-0.25, -0.2) is 0 Å². The van der Waals surface area contributed by atoms with Crippen molar-refractivity contribution in [3.63, 3.8) is 0 Å². The van der Waals surface area contributed by atoms with Crippen LogP contribution in [0.15, 0.2) is 24.5 Å². The summed E-state index contributed by atoms with van der Waals surface area (Å²) in [6.45, 7) is 0.564. The van der Waals surface area contributed by atoms with Crippen LogP contribution < -0.4 is 0 Å². The Hall–Kier alpha value is -1.91. The highest BCUT2D eigenvalue weighted by Gasteiger charge is 2.43. The van der Waals surface area contributed by atoms with E-state index in [9.17, 15) is 14.7 Å². The highest BCUT2D eigenvalue weighted by molar-refractivity contribution is 5.85. The Morgan fingerprint density at radius 3 is 2.43 bits per heavy atom. The Labute approximate surface area is 124 Å². The van der Waals surface area contributed by atoms with Gasteiger partial charge in [-0.2, -0.15) is 0 Å². The lowest BCUT2D eigenvalue weighted by Crippen LogP contribution is -2.40. The van der Waals surface area contributed by atoms with Crippen LogP contribution in [0, 0.1) is 11.8 Å². The second-order valence-corrected chi connectivity index (χ2v) is 6.03. The van der Waals surface area contributed by atoms with E-state index in [1.54, 1.807) is 12.4 Å². The average Bonchev–Trinajstić information content (AvgIpc) is 3.20. The van der Waals surface area contributed by atoms with Gasteiger partial charge in [0.1, 0.15) is 0 Å². The van der Waals surface area contributed by atoms with Crippen LogP contribution in [-0.2, 0) is 16.1 Å². The number of aliphatic carboxylic acids is 1. The van der Waals surface area contributed by atoms with Crippen LogP contribution >= 0.6 is 0 Å². The molecule has 1 amide bonds. The molecule has 1 N–H and O–H groups in total. The van der Waals surface area contributed by atoms with Crippen molar-refractivity contribution in [2.24, 2.45) is 11.8 Å². The SMILES string of the molecule is O=C(O)[C@H]1CCC[C@H]1C(=O)N(Cc1ccncc1)C1CC1. The average molecular weight is 288 g/mol. The number of carboxylic acids is 1. The van der Waals surface area contributed by atoms with Gasteiger partial charge in [-0.3, -0.25) is 14.6 Å². The molecule has 0 unspecified atom stereocenters. The molecule has 21 heavy (non-hydrogen) atoms. The first-order valence-electron chi connectivity index (χ1n) is 7.59. The predicted octanol–water partition coefficient (Wildman–Crippen LogP) is 2.07. The lowest BCUT2D eigenvalue weighted by atomic mass is 9.94. The number of amides is 1. The summed E-state index contributed by atoms with van der Waals surface area (Å²) in [4.78, 5) is 30.0. The standard InChI is InChI=1S/C16H20N2O3/c19-15(13-2-1-3-14(13)16(20)21)18(12-4-5-12)10-11-6-8-17-9-7-11/h6-9,12-14H,1-5,10H2,(H,20,21)/t13-,14+/m1/s1. The van der Waals surface area contributed by atoms with Crippen LogP contribution in [0.1, 0.15) is 37.7 Å². The fourth-order valence-electron chi connectivity index (χ4n) is 3.22. The third-order valence-corrected chi connectivity index (χ3v) is 4.52. The van der Waals surface area contributed by atoms with Crippen LogP contribution in [0.5, 0.6) is 0 Å². The fourth-order valence-corrected chi connectivity index (χ4v) is 3.22. The number of pyridine rings is 1. The summed E-state index contributed by atoms with van der Waals surface area (Å²) < 4.78 is 0. The van der Waals surface area contributed by atoms with E-state index in [4.69, 9.17) is 0 Å². The molecular weight excluding hydrogens is 268 g/mol. The summed E-state index contributed by atoms with van der Waals surface area (Å²) in [5, 5.41) is 9.28. The summed E-state index contributed by atoms with van der Waals surface area (Å²) in [6, 6.07) is 4.11. The molecule has 0 aliphatic heterocycles. The van der Waals surface area contributed by atoms with Gasteiger partial charge in [0.15, 0.2) is 0 Å². The van der Waals surface area contributed by atoms with Crippen molar-refractivity contribution in [1.29, 1.82) is 0 Å². The van der Waals surface area contributed by atoms with E-state index in [0.717, 1.165) is 24.8 Å². The second kappa shape index (κ2) is 5.84. The van der Waals surface area contributed by atoms with Crippen molar-refractivity contribution >= 4 is 11.9 Å². The van der Waals surface area contributed by atoms with E-state index in [1.165, 1.54) is 0 Å². The molecule has 5 nitrogen and oxygen atoms in total. The lowest BCUT2D eigenvalue weighted by Gasteiger charge is -2.27. The molecule has 2 aliphatic rings. The topological polar surface area (TPSA) is 70.5 Å². The quantitative estimate of drug-likeness (QED) is 0.900. The molecular formula is C16H20N2O3. The summed E-state index contributed by atoms with van der Waals surface area (Å²) >= 11 is 0. The van der Waals surface area contributed by atoms with Gasteiger partial charge in [-0.1, -0.05) is 6.42 Å². The first-order valence-corrected chi connectivity index (χ1v) is 7.59. The molecule has 3 rings (SSSR count). The zero-order valence-corrected chi connectivity index (χ0v) is 11.9. The number of rotatable bonds is 5. The van der Waals surface area contributed by atoms with Crippen LogP contribution in [0.25, 0.3) is 0 Å². The molecule has 112 valence electrons. The molecule has 2 fully saturated rings. The molecule has 0 aromatic carbocycles. The Kier molecular flexibility index (Phi) is 3.90. The summed E-state index contributed by atoms with van der Waals surface area (Å²) in [7, 11) is 0. The van der Waals surface area contributed by atoms with Crippen molar-refractivity contribution in [2.75, 3.05) is 0 Å². The lowest BCUT2D eigenvalue weighted by molar-refractivity contribution is -0.149. The van der Waals surface area contributed by atoms with Crippen LogP contribution in [0.4, 0.5) is 0 Å². The molecule has 1 aromatic rings. The van der Waals surface area contributed by atoms with E-state index >= 15 is 0 Å². The maximum atomic E-state index is 12.8. The van der Waals surface area contributed by atoms with Gasteiger partial charge in [0.2, 0.25) is 5.91 Å². The summed E-state index contributed by atoms with van der Waals surface area (Å²) in [6.07, 6.45) is 7.67. The Morgan fingerprint density at radius 2 is 1.81 bits per heavy atom. The minimum atomic E-state index is -0.828. The normalized spacial score (nSPS) is 24.8. The van der Waals surface area contributed by atoms with E-state index in [-0.39, 0.29) is 11.8 Å². The van der Waals surface area contributed by atoms with Crippen LogP contribution in [0.3, 0.4) is 0 Å². The van der Waals surface area contributed by atoms with Crippen molar-refractivity contribution in [1.82, 2.24) is 9.88 Å². The largest absolute Gasteiger partial charge is 0.481 e. The number of hydrogen-bond acceptors (Lipinski definition) is 3. The first kappa shape index (κ1) is 14.0. The molecule has 1 heterocycles. The van der Waals surface area contributed by atoms with Gasteiger partial charge in [-0.05, 0) is 43.4 Å². The molecule has 2 aliphatic carbocycles. The number of aromatic nitrogens is 1. The maximum Gasteiger partial charge on any atom is 0.307 e. The van der Waals surface area contributed by atoms with E-state index in [0.29, 0.717) is 25.4 Å². The summed E-state index contributed by atoms with van der Waals surface area (Å²) in [5.41, 5.74) is 1.05. The van der Waals surface area contributed by atoms with Gasteiger partial charge in [0, 0.05) is 25.0 Å².